The zero-order valence-corrected chi connectivity index (χ0v) is 12.7. The van der Waals surface area contributed by atoms with Gasteiger partial charge in [-0.05, 0) is 12.8 Å². The first-order valence-corrected chi connectivity index (χ1v) is 9.40. The molecular formula is C9H24O3Si2. The molecule has 0 unspecified atom stereocenters. The van der Waals surface area contributed by atoms with Gasteiger partial charge in [-0.15, -0.1) is 0 Å². The monoisotopic (exact) mass is 236 g/mol. The SMILES string of the molecule is C[SiH2]OC(O[SiH2]C)C(C)(C)CCCO. The predicted octanol–water partition coefficient (Wildman–Crippen LogP) is 0.408. The topological polar surface area (TPSA) is 38.7 Å². The molecule has 5 heteroatoms. The Morgan fingerprint density at radius 2 is 1.71 bits per heavy atom. The van der Waals surface area contributed by atoms with E-state index in [9.17, 15) is 0 Å². The van der Waals surface area contributed by atoms with Crippen LogP contribution in [0.3, 0.4) is 0 Å². The molecule has 0 saturated carbocycles. The fourth-order valence-corrected chi connectivity index (χ4v) is 3.35. The molecule has 0 saturated heterocycles. The summed E-state index contributed by atoms with van der Waals surface area (Å²) in [4.78, 5) is 0. The Kier molecular flexibility index (Phi) is 7.76. The van der Waals surface area contributed by atoms with E-state index in [4.69, 9.17) is 14.0 Å². The van der Waals surface area contributed by atoms with Crippen molar-refractivity contribution in [2.24, 2.45) is 5.41 Å². The third-order valence-electron chi connectivity index (χ3n) is 2.25. The summed E-state index contributed by atoms with van der Waals surface area (Å²) >= 11 is 0. The highest BCUT2D eigenvalue weighted by molar-refractivity contribution is 6.26. The van der Waals surface area contributed by atoms with Crippen LogP contribution in [-0.2, 0) is 8.85 Å². The molecule has 0 amide bonds. The molecule has 0 aliphatic carbocycles. The van der Waals surface area contributed by atoms with Gasteiger partial charge in [-0.2, -0.15) is 0 Å². The van der Waals surface area contributed by atoms with Gasteiger partial charge >= 0.3 is 0 Å². The van der Waals surface area contributed by atoms with Gasteiger partial charge in [0, 0.05) is 12.0 Å². The third-order valence-corrected chi connectivity index (χ3v) is 3.53. The van der Waals surface area contributed by atoms with Crippen LogP contribution < -0.4 is 0 Å². The number of rotatable bonds is 8. The van der Waals surface area contributed by atoms with Gasteiger partial charge in [0.2, 0.25) is 0 Å². The van der Waals surface area contributed by atoms with E-state index in [0.29, 0.717) is 0 Å². The van der Waals surface area contributed by atoms with Crippen LogP contribution in [0.2, 0.25) is 13.1 Å². The Hall–Kier alpha value is 0.314. The molecule has 3 nitrogen and oxygen atoms in total. The van der Waals surface area contributed by atoms with Gasteiger partial charge in [-0.1, -0.05) is 26.9 Å². The molecule has 0 fully saturated rings. The predicted molar refractivity (Wildman–Crippen MR) is 64.9 cm³/mol. The Morgan fingerprint density at radius 1 is 1.21 bits per heavy atom. The van der Waals surface area contributed by atoms with E-state index in [-0.39, 0.29) is 18.3 Å². The van der Waals surface area contributed by atoms with Crippen molar-refractivity contribution in [2.45, 2.75) is 46.1 Å². The van der Waals surface area contributed by atoms with Crippen molar-refractivity contribution >= 4 is 19.5 Å². The highest BCUT2D eigenvalue weighted by Crippen LogP contribution is 2.29. The molecule has 0 bridgehead atoms. The van der Waals surface area contributed by atoms with E-state index in [1.165, 1.54) is 0 Å². The molecule has 0 radical (unpaired) electrons. The first kappa shape index (κ1) is 14.3. The molecule has 0 aliphatic rings. The average Bonchev–Trinajstić information content (AvgIpc) is 2.14. The van der Waals surface area contributed by atoms with Crippen LogP contribution in [0.4, 0.5) is 0 Å². The van der Waals surface area contributed by atoms with E-state index in [1.54, 1.807) is 0 Å². The maximum atomic E-state index is 8.81. The first-order chi connectivity index (χ1) is 6.58. The molecular weight excluding hydrogens is 212 g/mol. The number of aliphatic hydroxyl groups is 1. The van der Waals surface area contributed by atoms with Gasteiger partial charge < -0.3 is 14.0 Å². The molecule has 0 atom stereocenters. The van der Waals surface area contributed by atoms with Crippen LogP contribution in [0, 0.1) is 5.41 Å². The second kappa shape index (κ2) is 7.59. The zero-order chi connectivity index (χ0) is 11.0. The second-order valence-electron chi connectivity index (χ2n) is 4.06. The summed E-state index contributed by atoms with van der Waals surface area (Å²) in [6, 6.07) is 0. The fraction of sp³-hybridized carbons (Fsp3) is 1.00. The Morgan fingerprint density at radius 3 is 2.07 bits per heavy atom. The minimum absolute atomic E-state index is 0.0365. The minimum Gasteiger partial charge on any atom is -0.400 e. The van der Waals surface area contributed by atoms with E-state index >= 15 is 0 Å². The summed E-state index contributed by atoms with van der Waals surface area (Å²) in [7, 11) is -0.844. The lowest BCUT2D eigenvalue weighted by molar-refractivity contribution is -0.0835. The van der Waals surface area contributed by atoms with Crippen molar-refractivity contribution in [1.29, 1.82) is 0 Å². The highest BCUT2D eigenvalue weighted by atomic mass is 28.2. The van der Waals surface area contributed by atoms with E-state index in [2.05, 4.69) is 26.9 Å². The summed E-state index contributed by atoms with van der Waals surface area (Å²) in [5.41, 5.74) is 0.0365. The Bertz CT molecular complexity index is 136. The Balaban J connectivity index is 4.13. The fourth-order valence-electron chi connectivity index (χ4n) is 1.45. The van der Waals surface area contributed by atoms with Crippen molar-refractivity contribution in [3.8, 4) is 0 Å². The van der Waals surface area contributed by atoms with Crippen LogP contribution in [0.5, 0.6) is 0 Å². The first-order valence-electron chi connectivity index (χ1n) is 5.42. The van der Waals surface area contributed by atoms with Gasteiger partial charge in [0.15, 0.2) is 19.5 Å². The van der Waals surface area contributed by atoms with E-state index in [0.717, 1.165) is 12.8 Å². The van der Waals surface area contributed by atoms with Crippen LogP contribution in [0.25, 0.3) is 0 Å². The van der Waals surface area contributed by atoms with Gasteiger partial charge in [0.1, 0.15) is 6.29 Å². The van der Waals surface area contributed by atoms with Crippen molar-refractivity contribution in [3.63, 3.8) is 0 Å². The highest BCUT2D eigenvalue weighted by Gasteiger charge is 2.29. The van der Waals surface area contributed by atoms with Crippen molar-refractivity contribution in [1.82, 2.24) is 0 Å². The van der Waals surface area contributed by atoms with Crippen LogP contribution in [-0.4, -0.2) is 37.5 Å². The maximum Gasteiger partial charge on any atom is 0.161 e. The minimum atomic E-state index is -0.422. The molecule has 0 heterocycles. The molecule has 0 aliphatic heterocycles. The van der Waals surface area contributed by atoms with Crippen molar-refractivity contribution in [3.05, 3.63) is 0 Å². The number of hydrogen-bond donors (Lipinski definition) is 1. The van der Waals surface area contributed by atoms with E-state index < -0.39 is 19.5 Å². The largest absolute Gasteiger partial charge is 0.400 e. The Labute approximate surface area is 92.1 Å². The van der Waals surface area contributed by atoms with E-state index in [1.807, 2.05) is 0 Å². The summed E-state index contributed by atoms with van der Waals surface area (Å²) < 4.78 is 11.4. The molecule has 0 aromatic carbocycles. The summed E-state index contributed by atoms with van der Waals surface area (Å²) in [5.74, 6) is 0. The second-order valence-corrected chi connectivity index (χ2v) is 5.88. The third kappa shape index (κ3) is 5.26. The molecule has 14 heavy (non-hydrogen) atoms. The summed E-state index contributed by atoms with van der Waals surface area (Å²) in [5, 5.41) is 8.81. The van der Waals surface area contributed by atoms with Gasteiger partial charge in [0.25, 0.3) is 0 Å². The zero-order valence-electron chi connectivity index (χ0n) is 9.88. The number of aliphatic hydroxyl groups excluding tert-OH is 1. The molecule has 0 spiro atoms. The van der Waals surface area contributed by atoms with Crippen molar-refractivity contribution < 1.29 is 14.0 Å². The average molecular weight is 236 g/mol. The van der Waals surface area contributed by atoms with Gasteiger partial charge in [0.05, 0.1) is 0 Å². The molecule has 0 aromatic heterocycles. The number of hydrogen-bond acceptors (Lipinski definition) is 3. The lowest BCUT2D eigenvalue weighted by Crippen LogP contribution is -2.36. The van der Waals surface area contributed by atoms with Crippen LogP contribution in [0.15, 0.2) is 0 Å². The van der Waals surface area contributed by atoms with Crippen molar-refractivity contribution in [2.75, 3.05) is 6.61 Å². The summed E-state index contributed by atoms with van der Waals surface area (Å²) in [6.07, 6.45) is 1.74. The lowest BCUT2D eigenvalue weighted by atomic mass is 9.87. The van der Waals surface area contributed by atoms with Gasteiger partial charge in [-0.25, -0.2) is 0 Å². The smallest absolute Gasteiger partial charge is 0.161 e. The molecule has 86 valence electrons. The quantitative estimate of drug-likeness (QED) is 0.490. The molecule has 0 aromatic rings. The normalized spacial score (nSPS) is 16.1. The standard InChI is InChI=1S/C9H24O3Si2/c1-9(2,6-5-7-10)8(11-13-3)12-14-4/h8,10H,5-7,13-14H2,1-4H3. The van der Waals surface area contributed by atoms with Gasteiger partial charge in [-0.3, -0.25) is 0 Å². The van der Waals surface area contributed by atoms with Crippen LogP contribution in [0.1, 0.15) is 26.7 Å². The molecule has 1 N–H and O–H groups in total. The molecule has 0 rings (SSSR count). The van der Waals surface area contributed by atoms with Crippen LogP contribution >= 0.6 is 0 Å². The lowest BCUT2D eigenvalue weighted by Gasteiger charge is -2.34. The maximum absolute atomic E-state index is 8.81. The summed E-state index contributed by atoms with van der Waals surface area (Å²) in [6.45, 7) is 8.80.